The van der Waals surface area contributed by atoms with Gasteiger partial charge in [-0.3, -0.25) is 0 Å². The van der Waals surface area contributed by atoms with Gasteiger partial charge in [-0.1, -0.05) is 0 Å². The Kier molecular flexibility index (Phi) is 0.817. The summed E-state index contributed by atoms with van der Waals surface area (Å²) in [7, 11) is 0. The van der Waals surface area contributed by atoms with Crippen LogP contribution in [0.1, 0.15) is 0 Å². The molecule has 0 radical (unpaired) electrons. The van der Waals surface area contributed by atoms with Crippen LogP contribution in [-0.4, -0.2) is 12.3 Å². The van der Waals surface area contributed by atoms with Gasteiger partial charge in [-0.05, 0) is 6.08 Å². The summed E-state index contributed by atoms with van der Waals surface area (Å²) in [6, 6.07) is 0. The average Bonchev–Trinajstić information content (AvgIpc) is 1.87. The zero-order valence-electron chi connectivity index (χ0n) is 3.43. The van der Waals surface area contributed by atoms with E-state index < -0.39 is 12.3 Å². The van der Waals surface area contributed by atoms with Crippen LogP contribution in [0.4, 0.5) is 4.39 Å². The molecular weight excluding hydrogens is 99.0 g/mol. The maximum absolute atomic E-state index is 11.6. The minimum Gasteiger partial charge on any atom is -0.424 e. The van der Waals surface area contributed by atoms with Gasteiger partial charge in [0.1, 0.15) is 0 Å². The van der Waals surface area contributed by atoms with E-state index in [9.17, 15) is 9.18 Å². The van der Waals surface area contributed by atoms with Gasteiger partial charge >= 0.3 is 5.97 Å². The second kappa shape index (κ2) is 1.33. The molecule has 2 nitrogen and oxygen atoms in total. The Balaban J connectivity index is 2.58. The lowest BCUT2D eigenvalue weighted by molar-refractivity contribution is -0.144. The molecule has 0 amide bonds. The Bertz CT molecular complexity index is 119. The summed E-state index contributed by atoms with van der Waals surface area (Å²) in [6.45, 7) is 0. The quantitative estimate of drug-likeness (QED) is 0.414. The maximum Gasteiger partial charge on any atom is 0.333 e. The highest BCUT2D eigenvalue weighted by atomic mass is 19.1. The van der Waals surface area contributed by atoms with Crippen molar-refractivity contribution in [2.75, 3.05) is 0 Å². The van der Waals surface area contributed by atoms with Crippen LogP contribution in [0.25, 0.3) is 0 Å². The van der Waals surface area contributed by atoms with Crippen LogP contribution in [0.2, 0.25) is 0 Å². The summed E-state index contributed by atoms with van der Waals surface area (Å²) in [5, 5.41) is 0. The van der Waals surface area contributed by atoms with Crippen molar-refractivity contribution in [3.05, 3.63) is 12.2 Å². The van der Waals surface area contributed by atoms with E-state index in [1.165, 1.54) is 0 Å². The third-order valence-corrected chi connectivity index (χ3v) is 0.612. The SMILES string of the molecule is O=C1C=CC(F)O1. The van der Waals surface area contributed by atoms with Gasteiger partial charge in [-0.25, -0.2) is 4.79 Å². The van der Waals surface area contributed by atoms with E-state index in [1.54, 1.807) is 0 Å². The molecule has 0 saturated carbocycles. The minimum absolute atomic E-state index is 0.604. The average molecular weight is 102 g/mol. The normalized spacial score (nSPS) is 28.1. The first-order chi connectivity index (χ1) is 3.29. The van der Waals surface area contributed by atoms with Crippen LogP contribution in [0.3, 0.4) is 0 Å². The Labute approximate surface area is 39.6 Å². The monoisotopic (exact) mass is 102 g/mol. The number of ether oxygens (including phenoxy) is 1. The standard InChI is InChI=1S/C4H3FO2/c5-3-1-2-4(6)7-3/h1-3H. The molecular formula is C4H3FO2. The summed E-state index contributed by atoms with van der Waals surface area (Å²) in [6.07, 6.45) is 0.611. The Hall–Kier alpha value is -0.860. The zero-order valence-corrected chi connectivity index (χ0v) is 3.43. The predicted octanol–water partition coefficient (Wildman–Crippen LogP) is 0.395. The van der Waals surface area contributed by atoms with E-state index in [0.29, 0.717) is 0 Å². The van der Waals surface area contributed by atoms with Gasteiger partial charge in [0.15, 0.2) is 0 Å². The number of hydrogen-bond acceptors (Lipinski definition) is 2. The van der Waals surface area contributed by atoms with Crippen molar-refractivity contribution in [3.8, 4) is 0 Å². The van der Waals surface area contributed by atoms with Crippen molar-refractivity contribution < 1.29 is 13.9 Å². The molecule has 0 N–H and O–H groups in total. The fraction of sp³-hybridized carbons (Fsp3) is 0.250. The largest absolute Gasteiger partial charge is 0.424 e. The summed E-state index contributed by atoms with van der Waals surface area (Å²) in [5.74, 6) is -0.604. The van der Waals surface area contributed by atoms with Crippen LogP contribution >= 0.6 is 0 Å². The highest BCUT2D eigenvalue weighted by Gasteiger charge is 2.12. The highest BCUT2D eigenvalue weighted by Crippen LogP contribution is 2.03. The van der Waals surface area contributed by atoms with Gasteiger partial charge in [0.25, 0.3) is 6.36 Å². The number of carbonyl (C=O) groups excluding carboxylic acids is 1. The van der Waals surface area contributed by atoms with Crippen molar-refractivity contribution in [2.24, 2.45) is 0 Å². The summed E-state index contributed by atoms with van der Waals surface area (Å²) in [5.41, 5.74) is 0. The predicted molar refractivity (Wildman–Crippen MR) is 20.1 cm³/mol. The van der Waals surface area contributed by atoms with Crippen LogP contribution < -0.4 is 0 Å². The molecule has 1 aliphatic rings. The van der Waals surface area contributed by atoms with Crippen molar-refractivity contribution in [1.82, 2.24) is 0 Å². The molecule has 0 aromatic carbocycles. The van der Waals surface area contributed by atoms with Crippen LogP contribution in [0.15, 0.2) is 12.2 Å². The van der Waals surface area contributed by atoms with E-state index in [4.69, 9.17) is 0 Å². The topological polar surface area (TPSA) is 26.3 Å². The minimum atomic E-state index is -1.51. The fourth-order valence-corrected chi connectivity index (χ4v) is 0.344. The first-order valence-electron chi connectivity index (χ1n) is 1.82. The molecule has 1 atom stereocenters. The number of alkyl halides is 1. The van der Waals surface area contributed by atoms with Gasteiger partial charge in [0, 0.05) is 6.08 Å². The third-order valence-electron chi connectivity index (χ3n) is 0.612. The molecule has 1 unspecified atom stereocenters. The number of hydrogen-bond donors (Lipinski definition) is 0. The Morgan fingerprint density at radius 3 is 2.71 bits per heavy atom. The first-order valence-corrected chi connectivity index (χ1v) is 1.82. The van der Waals surface area contributed by atoms with Crippen molar-refractivity contribution in [3.63, 3.8) is 0 Å². The molecule has 0 bridgehead atoms. The summed E-state index contributed by atoms with van der Waals surface area (Å²) >= 11 is 0. The molecule has 0 aromatic heterocycles. The van der Waals surface area contributed by atoms with E-state index in [2.05, 4.69) is 4.74 Å². The van der Waals surface area contributed by atoms with Gasteiger partial charge in [-0.2, -0.15) is 4.39 Å². The van der Waals surface area contributed by atoms with Crippen LogP contribution in [0, 0.1) is 0 Å². The van der Waals surface area contributed by atoms with E-state index in [0.717, 1.165) is 12.2 Å². The maximum atomic E-state index is 11.6. The molecule has 0 spiro atoms. The second-order valence-electron chi connectivity index (χ2n) is 1.15. The molecule has 0 aliphatic carbocycles. The van der Waals surface area contributed by atoms with Gasteiger partial charge in [0.05, 0.1) is 0 Å². The Morgan fingerprint density at radius 1 is 1.86 bits per heavy atom. The lowest BCUT2D eigenvalue weighted by atomic mass is 10.6. The molecule has 1 aliphatic heterocycles. The summed E-state index contributed by atoms with van der Waals surface area (Å²) in [4.78, 5) is 9.90. The van der Waals surface area contributed by atoms with E-state index >= 15 is 0 Å². The molecule has 38 valence electrons. The molecule has 0 fully saturated rings. The fourth-order valence-electron chi connectivity index (χ4n) is 0.344. The number of cyclic esters (lactones) is 1. The lowest BCUT2D eigenvalue weighted by Gasteiger charge is -1.91. The van der Waals surface area contributed by atoms with Crippen molar-refractivity contribution in [2.45, 2.75) is 6.36 Å². The van der Waals surface area contributed by atoms with Gasteiger partial charge < -0.3 is 4.74 Å². The molecule has 0 aromatic rings. The molecule has 0 saturated heterocycles. The Morgan fingerprint density at radius 2 is 2.57 bits per heavy atom. The van der Waals surface area contributed by atoms with Crippen LogP contribution in [0.5, 0.6) is 0 Å². The number of rotatable bonds is 0. The van der Waals surface area contributed by atoms with Gasteiger partial charge in [-0.15, -0.1) is 0 Å². The van der Waals surface area contributed by atoms with E-state index in [-0.39, 0.29) is 0 Å². The molecule has 7 heavy (non-hydrogen) atoms. The van der Waals surface area contributed by atoms with Crippen molar-refractivity contribution in [1.29, 1.82) is 0 Å². The first kappa shape index (κ1) is 4.30. The highest BCUT2D eigenvalue weighted by molar-refractivity contribution is 5.84. The second-order valence-corrected chi connectivity index (χ2v) is 1.15. The summed E-state index contributed by atoms with van der Waals surface area (Å²) < 4.78 is 15.6. The molecule has 1 rings (SSSR count). The van der Waals surface area contributed by atoms with Crippen LogP contribution in [-0.2, 0) is 9.53 Å². The van der Waals surface area contributed by atoms with Gasteiger partial charge in [0.2, 0.25) is 0 Å². The molecule has 1 heterocycles. The third kappa shape index (κ3) is 0.765. The number of halogens is 1. The van der Waals surface area contributed by atoms with E-state index in [1.807, 2.05) is 0 Å². The zero-order chi connectivity index (χ0) is 5.28. The number of esters is 1. The smallest absolute Gasteiger partial charge is 0.333 e. The lowest BCUT2D eigenvalue weighted by Crippen LogP contribution is -1.98. The van der Waals surface area contributed by atoms with Crippen molar-refractivity contribution >= 4 is 5.97 Å². The molecule has 3 heteroatoms. The number of carbonyl (C=O) groups is 1.